The molecule has 0 saturated carbocycles. The summed E-state index contributed by atoms with van der Waals surface area (Å²) in [7, 11) is 0. The maximum atomic E-state index is 12.7. The van der Waals surface area contributed by atoms with Crippen LogP contribution in [0.2, 0.25) is 0 Å². The second kappa shape index (κ2) is 8.37. The third kappa shape index (κ3) is 4.32. The number of para-hydroxylation sites is 2. The molecule has 4 rings (SSSR count). The molecule has 164 valence electrons. The van der Waals surface area contributed by atoms with E-state index >= 15 is 0 Å². The highest BCUT2D eigenvalue weighted by Gasteiger charge is 2.38. The molecule has 31 heavy (non-hydrogen) atoms. The fourth-order valence-electron chi connectivity index (χ4n) is 4.45. The summed E-state index contributed by atoms with van der Waals surface area (Å²) in [4.78, 5) is 19.6. The van der Waals surface area contributed by atoms with Crippen LogP contribution in [-0.4, -0.2) is 39.0 Å². The molecule has 0 N–H and O–H groups in total. The van der Waals surface area contributed by atoms with E-state index in [0.717, 1.165) is 42.1 Å². The van der Waals surface area contributed by atoms with Crippen LogP contribution in [0.3, 0.4) is 0 Å². The molecule has 1 aliphatic rings. The van der Waals surface area contributed by atoms with Gasteiger partial charge in [0.1, 0.15) is 11.6 Å². The molecule has 5 nitrogen and oxygen atoms in total. The number of benzene rings is 2. The van der Waals surface area contributed by atoms with Gasteiger partial charge < -0.3 is 14.2 Å². The molecule has 2 aromatic carbocycles. The van der Waals surface area contributed by atoms with E-state index in [1.807, 2.05) is 23.1 Å². The Kier molecular flexibility index (Phi) is 5.78. The van der Waals surface area contributed by atoms with Crippen LogP contribution in [-0.2, 0) is 11.3 Å². The van der Waals surface area contributed by atoms with Crippen molar-refractivity contribution in [2.45, 2.75) is 65.5 Å². The Labute approximate surface area is 185 Å². The Morgan fingerprint density at radius 2 is 1.87 bits per heavy atom. The number of imidazole rings is 1. The molecule has 1 amide bonds. The predicted octanol–water partition coefficient (Wildman–Crippen LogP) is 5.24. The van der Waals surface area contributed by atoms with Crippen LogP contribution in [0.4, 0.5) is 0 Å². The molecular weight excluding hydrogens is 386 g/mol. The van der Waals surface area contributed by atoms with Gasteiger partial charge in [-0.1, -0.05) is 24.3 Å². The number of hydrogen-bond donors (Lipinski definition) is 0. The van der Waals surface area contributed by atoms with Crippen LogP contribution >= 0.6 is 0 Å². The van der Waals surface area contributed by atoms with E-state index in [4.69, 9.17) is 9.72 Å². The molecule has 1 saturated heterocycles. The Hall–Kier alpha value is -2.82. The summed E-state index contributed by atoms with van der Waals surface area (Å²) in [6, 6.07) is 14.4. The maximum Gasteiger partial charge on any atom is 0.223 e. The molecule has 0 spiro atoms. The molecule has 2 heterocycles. The normalized spacial score (nSPS) is 17.0. The van der Waals surface area contributed by atoms with Crippen molar-refractivity contribution in [3.05, 3.63) is 59.4 Å². The molecule has 1 fully saturated rings. The van der Waals surface area contributed by atoms with E-state index in [2.05, 4.69) is 63.5 Å². The third-order valence-corrected chi connectivity index (χ3v) is 6.32. The topological polar surface area (TPSA) is 47.4 Å². The lowest BCUT2D eigenvalue weighted by atomic mass is 10.1. The number of aromatic nitrogens is 2. The smallest absolute Gasteiger partial charge is 0.223 e. The molecular formula is C26H33N3O2. The lowest BCUT2D eigenvalue weighted by Gasteiger charge is -2.32. The lowest BCUT2D eigenvalue weighted by molar-refractivity contribution is -0.131. The van der Waals surface area contributed by atoms with Gasteiger partial charge in [-0.15, -0.1) is 0 Å². The van der Waals surface area contributed by atoms with Crippen molar-refractivity contribution >= 4 is 16.9 Å². The Morgan fingerprint density at radius 1 is 1.10 bits per heavy atom. The maximum absolute atomic E-state index is 12.7. The number of fused-ring (bicyclic) bond motifs is 1. The van der Waals surface area contributed by atoms with E-state index in [0.29, 0.717) is 13.0 Å². The van der Waals surface area contributed by atoms with Gasteiger partial charge in [0.25, 0.3) is 0 Å². The number of carbonyl (C=O) groups is 1. The third-order valence-electron chi connectivity index (χ3n) is 6.32. The van der Waals surface area contributed by atoms with Gasteiger partial charge in [-0.2, -0.15) is 0 Å². The zero-order valence-corrected chi connectivity index (χ0v) is 19.3. The summed E-state index contributed by atoms with van der Waals surface area (Å²) in [5.41, 5.74) is 4.40. The van der Waals surface area contributed by atoms with Crippen molar-refractivity contribution in [3.63, 3.8) is 0 Å². The van der Waals surface area contributed by atoms with Gasteiger partial charge in [0.15, 0.2) is 0 Å². The van der Waals surface area contributed by atoms with Crippen LogP contribution in [0, 0.1) is 13.8 Å². The van der Waals surface area contributed by atoms with E-state index in [9.17, 15) is 4.79 Å². The molecule has 0 aliphatic carbocycles. The fraction of sp³-hybridized carbons (Fsp3) is 0.462. The van der Waals surface area contributed by atoms with Crippen molar-refractivity contribution in [2.24, 2.45) is 0 Å². The summed E-state index contributed by atoms with van der Waals surface area (Å²) in [5.74, 6) is 2.32. The van der Waals surface area contributed by atoms with Crippen molar-refractivity contribution in [2.75, 3.05) is 13.2 Å². The fourth-order valence-corrected chi connectivity index (χ4v) is 4.45. The first kappa shape index (κ1) is 21.4. The molecule has 0 unspecified atom stereocenters. The molecule has 1 aromatic heterocycles. The van der Waals surface area contributed by atoms with Crippen LogP contribution in [0.5, 0.6) is 5.75 Å². The summed E-state index contributed by atoms with van der Waals surface area (Å²) in [5, 5.41) is 0. The first-order valence-corrected chi connectivity index (χ1v) is 11.2. The average Bonchev–Trinajstić information content (AvgIpc) is 3.29. The van der Waals surface area contributed by atoms with Gasteiger partial charge >= 0.3 is 0 Å². The number of hydrogen-bond acceptors (Lipinski definition) is 3. The highest BCUT2D eigenvalue weighted by Crippen LogP contribution is 2.34. The molecule has 3 aromatic rings. The van der Waals surface area contributed by atoms with Crippen LogP contribution < -0.4 is 4.74 Å². The number of amides is 1. The number of aryl methyl sites for hydroxylation is 2. The molecule has 0 bridgehead atoms. The molecule has 5 heteroatoms. The predicted molar refractivity (Wildman–Crippen MR) is 125 cm³/mol. The number of nitrogens with zero attached hydrogens (tertiary/aromatic N) is 3. The number of ether oxygens (including phenoxy) is 1. The second-order valence-corrected chi connectivity index (χ2v) is 9.59. The molecule has 1 atom stereocenters. The standard InChI is InChI=1S/C26H33N3O2/c1-18-10-8-13-23(19(18)2)31-15-9-14-28-22-12-7-6-11-21(22)27-25(28)20-16-24(30)29(17-20)26(3,4)5/h6-8,10-13,20H,9,14-17H2,1-5H3/t20-/m1/s1. The van der Waals surface area contributed by atoms with Gasteiger partial charge in [0.2, 0.25) is 5.91 Å². The number of likely N-dealkylation sites (tertiary alicyclic amines) is 1. The zero-order chi connectivity index (χ0) is 22.2. The summed E-state index contributed by atoms with van der Waals surface area (Å²) in [6.45, 7) is 12.7. The first-order chi connectivity index (χ1) is 14.8. The first-order valence-electron chi connectivity index (χ1n) is 11.2. The summed E-state index contributed by atoms with van der Waals surface area (Å²) < 4.78 is 8.37. The summed E-state index contributed by atoms with van der Waals surface area (Å²) >= 11 is 0. The lowest BCUT2D eigenvalue weighted by Crippen LogP contribution is -2.42. The Balaban J connectivity index is 1.52. The largest absolute Gasteiger partial charge is 0.493 e. The Bertz CT molecular complexity index is 1090. The minimum Gasteiger partial charge on any atom is -0.493 e. The van der Waals surface area contributed by atoms with Gasteiger partial charge in [-0.3, -0.25) is 4.79 Å². The van der Waals surface area contributed by atoms with Crippen molar-refractivity contribution in [1.82, 2.24) is 14.5 Å². The quantitative estimate of drug-likeness (QED) is 0.514. The SMILES string of the molecule is Cc1cccc(OCCCn2c([C@@H]3CC(=O)N(C(C)(C)C)C3)nc3ccccc32)c1C. The van der Waals surface area contributed by atoms with Crippen molar-refractivity contribution in [3.8, 4) is 5.75 Å². The minimum atomic E-state index is -0.164. The molecule has 0 radical (unpaired) electrons. The highest BCUT2D eigenvalue weighted by molar-refractivity contribution is 5.81. The Morgan fingerprint density at radius 3 is 2.61 bits per heavy atom. The van der Waals surface area contributed by atoms with Gasteiger partial charge in [0.05, 0.1) is 17.6 Å². The monoisotopic (exact) mass is 419 g/mol. The minimum absolute atomic E-state index is 0.124. The average molecular weight is 420 g/mol. The second-order valence-electron chi connectivity index (χ2n) is 9.59. The van der Waals surface area contributed by atoms with Crippen LogP contribution in [0.25, 0.3) is 11.0 Å². The van der Waals surface area contributed by atoms with E-state index < -0.39 is 0 Å². The van der Waals surface area contributed by atoms with E-state index in [-0.39, 0.29) is 17.4 Å². The van der Waals surface area contributed by atoms with Gasteiger partial charge in [-0.05, 0) is 70.4 Å². The van der Waals surface area contributed by atoms with E-state index in [1.165, 1.54) is 11.1 Å². The van der Waals surface area contributed by atoms with E-state index in [1.54, 1.807) is 0 Å². The zero-order valence-electron chi connectivity index (χ0n) is 19.3. The van der Waals surface area contributed by atoms with Crippen LogP contribution in [0.15, 0.2) is 42.5 Å². The van der Waals surface area contributed by atoms with Crippen LogP contribution in [0.1, 0.15) is 56.5 Å². The number of rotatable bonds is 6. The van der Waals surface area contributed by atoms with Crippen molar-refractivity contribution < 1.29 is 9.53 Å². The number of carbonyl (C=O) groups excluding carboxylic acids is 1. The van der Waals surface area contributed by atoms with Gasteiger partial charge in [0, 0.05) is 31.0 Å². The van der Waals surface area contributed by atoms with Crippen molar-refractivity contribution in [1.29, 1.82) is 0 Å². The highest BCUT2D eigenvalue weighted by atomic mass is 16.5. The van der Waals surface area contributed by atoms with Gasteiger partial charge in [-0.25, -0.2) is 4.98 Å². The summed E-state index contributed by atoms with van der Waals surface area (Å²) in [6.07, 6.45) is 1.41. The molecule has 1 aliphatic heterocycles.